The molecular weight excluding hydrogens is 324 g/mol. The summed E-state index contributed by atoms with van der Waals surface area (Å²) in [6.45, 7) is 6.93. The lowest BCUT2D eigenvalue weighted by atomic mass is 9.99. The molecule has 3 fully saturated rings. The number of aromatic nitrogens is 2. The molecule has 4 heterocycles. The second kappa shape index (κ2) is 9.00. The van der Waals surface area contributed by atoms with Gasteiger partial charge < -0.3 is 15.5 Å². The Hall–Kier alpha value is -1.40. The quantitative estimate of drug-likeness (QED) is 0.862. The van der Waals surface area contributed by atoms with Crippen molar-refractivity contribution >= 4 is 11.8 Å². The van der Waals surface area contributed by atoms with Gasteiger partial charge in [-0.2, -0.15) is 4.98 Å². The molecule has 2 atom stereocenters. The molecule has 2 unspecified atom stereocenters. The van der Waals surface area contributed by atoms with Gasteiger partial charge in [-0.3, -0.25) is 4.90 Å². The summed E-state index contributed by atoms with van der Waals surface area (Å²) in [5.41, 5.74) is 0. The van der Waals surface area contributed by atoms with E-state index in [0.29, 0.717) is 12.1 Å². The molecule has 6 heteroatoms. The summed E-state index contributed by atoms with van der Waals surface area (Å²) in [5.74, 6) is 1.90. The van der Waals surface area contributed by atoms with E-state index in [4.69, 9.17) is 4.98 Å². The van der Waals surface area contributed by atoms with Gasteiger partial charge in [0.15, 0.2) is 0 Å². The van der Waals surface area contributed by atoms with E-state index >= 15 is 0 Å². The van der Waals surface area contributed by atoms with Gasteiger partial charge in [0.25, 0.3) is 0 Å². The van der Waals surface area contributed by atoms with E-state index in [2.05, 4.69) is 31.5 Å². The normalized spacial score (nSPS) is 28.5. The van der Waals surface area contributed by atoms with Crippen LogP contribution in [0, 0.1) is 0 Å². The van der Waals surface area contributed by atoms with Gasteiger partial charge in [0.05, 0.1) is 0 Å². The molecule has 6 nitrogen and oxygen atoms in total. The van der Waals surface area contributed by atoms with Crippen LogP contribution in [-0.2, 0) is 0 Å². The fraction of sp³-hybridized carbons (Fsp3) is 0.800. The number of anilines is 2. The van der Waals surface area contributed by atoms with Crippen molar-refractivity contribution < 1.29 is 0 Å². The van der Waals surface area contributed by atoms with Crippen molar-refractivity contribution in [2.24, 2.45) is 0 Å². The molecule has 2 N–H and O–H groups in total. The van der Waals surface area contributed by atoms with E-state index in [-0.39, 0.29) is 0 Å². The minimum Gasteiger partial charge on any atom is -0.356 e. The molecule has 0 aromatic carbocycles. The Kier molecular flexibility index (Phi) is 6.22. The zero-order chi connectivity index (χ0) is 17.6. The third-order valence-electron chi connectivity index (χ3n) is 6.14. The first-order valence-corrected chi connectivity index (χ1v) is 10.7. The molecule has 0 spiro atoms. The summed E-state index contributed by atoms with van der Waals surface area (Å²) in [6.07, 6.45) is 12.3. The molecule has 0 amide bonds. The van der Waals surface area contributed by atoms with Crippen LogP contribution >= 0.6 is 0 Å². The minimum atomic E-state index is 0.463. The third-order valence-corrected chi connectivity index (χ3v) is 6.14. The number of hydrogen-bond donors (Lipinski definition) is 2. The summed E-state index contributed by atoms with van der Waals surface area (Å²) in [6, 6.07) is 3.24. The van der Waals surface area contributed by atoms with Crippen molar-refractivity contribution in [2.45, 2.75) is 63.5 Å². The number of nitrogens with one attached hydrogen (secondary N) is 2. The zero-order valence-electron chi connectivity index (χ0n) is 16.0. The molecule has 1 aromatic rings. The molecule has 1 aromatic heterocycles. The van der Waals surface area contributed by atoms with E-state index in [1.54, 1.807) is 0 Å². The van der Waals surface area contributed by atoms with Crippen molar-refractivity contribution in [3.63, 3.8) is 0 Å². The third kappa shape index (κ3) is 4.65. The lowest BCUT2D eigenvalue weighted by molar-refractivity contribution is 0.132. The lowest BCUT2D eigenvalue weighted by Crippen LogP contribution is -2.52. The van der Waals surface area contributed by atoms with Crippen molar-refractivity contribution in [2.75, 3.05) is 49.5 Å². The van der Waals surface area contributed by atoms with Gasteiger partial charge in [-0.25, -0.2) is 4.98 Å². The van der Waals surface area contributed by atoms with Gasteiger partial charge in [0.1, 0.15) is 5.82 Å². The van der Waals surface area contributed by atoms with Crippen LogP contribution in [0.2, 0.25) is 0 Å². The van der Waals surface area contributed by atoms with Crippen molar-refractivity contribution in [3.8, 4) is 0 Å². The average molecular weight is 359 g/mol. The van der Waals surface area contributed by atoms with Crippen molar-refractivity contribution in [1.29, 1.82) is 0 Å². The predicted molar refractivity (Wildman–Crippen MR) is 107 cm³/mol. The van der Waals surface area contributed by atoms with E-state index in [9.17, 15) is 0 Å². The molecular formula is C20H34N6. The molecule has 0 bridgehead atoms. The van der Waals surface area contributed by atoms with Crippen LogP contribution in [0.25, 0.3) is 0 Å². The molecule has 3 saturated heterocycles. The molecule has 0 radical (unpaired) electrons. The maximum Gasteiger partial charge on any atom is 0.224 e. The van der Waals surface area contributed by atoms with Gasteiger partial charge >= 0.3 is 0 Å². The molecule has 3 aliphatic heterocycles. The number of rotatable bonds is 4. The van der Waals surface area contributed by atoms with Crippen molar-refractivity contribution in [1.82, 2.24) is 20.2 Å². The van der Waals surface area contributed by atoms with Gasteiger partial charge in [-0.1, -0.05) is 12.8 Å². The Bertz CT molecular complexity index is 551. The van der Waals surface area contributed by atoms with E-state index in [1.807, 2.05) is 6.20 Å². The first-order chi connectivity index (χ1) is 12.9. The van der Waals surface area contributed by atoms with Crippen LogP contribution in [0.1, 0.15) is 51.4 Å². The highest BCUT2D eigenvalue weighted by atomic mass is 15.3. The predicted octanol–water partition coefficient (Wildman–Crippen LogP) is 2.49. The molecule has 0 saturated carbocycles. The fourth-order valence-corrected chi connectivity index (χ4v) is 4.68. The summed E-state index contributed by atoms with van der Waals surface area (Å²) < 4.78 is 0. The summed E-state index contributed by atoms with van der Waals surface area (Å²) in [4.78, 5) is 14.5. The maximum absolute atomic E-state index is 4.84. The van der Waals surface area contributed by atoms with Crippen molar-refractivity contribution in [3.05, 3.63) is 12.3 Å². The Morgan fingerprint density at radius 1 is 1.00 bits per heavy atom. The van der Waals surface area contributed by atoms with Gasteiger partial charge in [-0.05, 0) is 57.7 Å². The topological polar surface area (TPSA) is 56.3 Å². The largest absolute Gasteiger partial charge is 0.356 e. The van der Waals surface area contributed by atoms with Crippen LogP contribution < -0.4 is 15.5 Å². The number of nitrogens with zero attached hydrogens (tertiary/aromatic N) is 4. The first kappa shape index (κ1) is 18.0. The average Bonchev–Trinajstić information content (AvgIpc) is 2.99. The SMILES string of the molecule is c1cc(N2CCCCCC2)nc(NC2CCCN(C3CCCNC3)C2)n1. The van der Waals surface area contributed by atoms with Crippen LogP contribution in [0.3, 0.4) is 0 Å². The number of hydrogen-bond acceptors (Lipinski definition) is 6. The Morgan fingerprint density at radius 3 is 2.69 bits per heavy atom. The Morgan fingerprint density at radius 2 is 1.88 bits per heavy atom. The smallest absolute Gasteiger partial charge is 0.224 e. The molecule has 144 valence electrons. The van der Waals surface area contributed by atoms with Crippen LogP contribution in [0.4, 0.5) is 11.8 Å². The Balaban J connectivity index is 1.36. The van der Waals surface area contributed by atoms with Gasteiger partial charge in [0.2, 0.25) is 5.95 Å². The van der Waals surface area contributed by atoms with Crippen LogP contribution in [-0.4, -0.2) is 66.2 Å². The van der Waals surface area contributed by atoms with E-state index in [1.165, 1.54) is 64.5 Å². The maximum atomic E-state index is 4.84. The first-order valence-electron chi connectivity index (χ1n) is 10.7. The number of likely N-dealkylation sites (tertiary alicyclic amines) is 1. The second-order valence-electron chi connectivity index (χ2n) is 8.12. The standard InChI is InChI=1S/C20H34N6/c1-2-4-13-25(12-3-1)19-9-11-22-20(24-19)23-17-7-6-14-26(16-17)18-8-5-10-21-15-18/h9,11,17-18,21H,1-8,10,12-16H2,(H,22,23,24). The molecule has 26 heavy (non-hydrogen) atoms. The minimum absolute atomic E-state index is 0.463. The highest BCUT2D eigenvalue weighted by Crippen LogP contribution is 2.21. The number of piperidine rings is 2. The summed E-state index contributed by atoms with van der Waals surface area (Å²) in [7, 11) is 0. The Labute approximate surface area is 157 Å². The van der Waals surface area contributed by atoms with E-state index < -0.39 is 0 Å². The van der Waals surface area contributed by atoms with Gasteiger partial charge in [-0.15, -0.1) is 0 Å². The lowest BCUT2D eigenvalue weighted by Gasteiger charge is -2.40. The fourth-order valence-electron chi connectivity index (χ4n) is 4.68. The highest BCUT2D eigenvalue weighted by molar-refractivity contribution is 5.43. The molecule has 3 aliphatic rings. The zero-order valence-corrected chi connectivity index (χ0v) is 16.0. The molecule has 4 rings (SSSR count). The summed E-state index contributed by atoms with van der Waals surface area (Å²) >= 11 is 0. The highest BCUT2D eigenvalue weighted by Gasteiger charge is 2.27. The molecule has 0 aliphatic carbocycles. The second-order valence-corrected chi connectivity index (χ2v) is 8.12. The monoisotopic (exact) mass is 358 g/mol. The van der Waals surface area contributed by atoms with E-state index in [0.717, 1.165) is 37.9 Å². The van der Waals surface area contributed by atoms with Crippen LogP contribution in [0.15, 0.2) is 12.3 Å². The summed E-state index contributed by atoms with van der Waals surface area (Å²) in [5, 5.41) is 7.19. The van der Waals surface area contributed by atoms with Gasteiger partial charge in [0, 0.05) is 44.5 Å². The van der Waals surface area contributed by atoms with Crippen LogP contribution in [0.5, 0.6) is 0 Å².